The molecule has 1 heterocycles. The van der Waals surface area contributed by atoms with Crippen LogP contribution in [0.2, 0.25) is 5.02 Å². The van der Waals surface area contributed by atoms with Gasteiger partial charge in [0.1, 0.15) is 12.4 Å². The maximum Gasteiger partial charge on any atom is 0.435 e. The molecular weight excluding hydrogens is 318 g/mol. The summed E-state index contributed by atoms with van der Waals surface area (Å²) in [5.41, 5.74) is 6.33. The van der Waals surface area contributed by atoms with Gasteiger partial charge in [-0.3, -0.25) is 4.79 Å². The Labute approximate surface area is 138 Å². The second-order valence-electron chi connectivity index (χ2n) is 5.16. The Morgan fingerprint density at radius 2 is 2.09 bits per heavy atom. The summed E-state index contributed by atoms with van der Waals surface area (Å²) in [4.78, 5) is 25.0. The summed E-state index contributed by atoms with van der Waals surface area (Å²) in [5, 5.41) is 0.379. The van der Waals surface area contributed by atoms with Crippen molar-refractivity contribution in [2.24, 2.45) is 0 Å². The number of carbonyl (C=O) groups excluding carboxylic acids is 1. The second-order valence-corrected chi connectivity index (χ2v) is 5.57. The number of nitrogens with two attached hydrogens (primary N) is 1. The fraction of sp³-hybridized carbons (Fsp3) is 0.250. The van der Waals surface area contributed by atoms with Gasteiger partial charge in [0.25, 0.3) is 5.56 Å². The van der Waals surface area contributed by atoms with Gasteiger partial charge in [0, 0.05) is 16.6 Å². The molecule has 23 heavy (non-hydrogen) atoms. The predicted molar refractivity (Wildman–Crippen MR) is 90.9 cm³/mol. The molecule has 0 aliphatic carbocycles. The highest BCUT2D eigenvalue weighted by molar-refractivity contribution is 6.33. The van der Waals surface area contributed by atoms with Gasteiger partial charge < -0.3 is 10.5 Å². The van der Waals surface area contributed by atoms with Gasteiger partial charge in [-0.05, 0) is 19.9 Å². The molecule has 0 saturated carbocycles. The Kier molecular flexibility index (Phi) is 4.95. The normalized spacial score (nSPS) is 10.8. The average molecular weight is 336 g/mol. The van der Waals surface area contributed by atoms with E-state index in [0.29, 0.717) is 10.6 Å². The molecule has 0 unspecified atom stereocenters. The summed E-state index contributed by atoms with van der Waals surface area (Å²) in [5.74, 6) is -0.00846. The number of ether oxygens (including phenoxy) is 1. The van der Waals surface area contributed by atoms with Gasteiger partial charge in [0.05, 0.1) is 5.56 Å². The molecule has 2 rings (SSSR count). The van der Waals surface area contributed by atoms with Crippen LogP contribution in [-0.2, 0) is 4.74 Å². The summed E-state index contributed by atoms with van der Waals surface area (Å²) in [7, 11) is 0. The number of hydrogen-bond donors (Lipinski definition) is 1. The molecule has 0 atom stereocenters. The molecule has 0 bridgehead atoms. The van der Waals surface area contributed by atoms with E-state index in [4.69, 9.17) is 22.1 Å². The van der Waals surface area contributed by atoms with Crippen molar-refractivity contribution in [3.05, 3.63) is 52.3 Å². The summed E-state index contributed by atoms with van der Waals surface area (Å²) in [6.07, 6.45) is 0.691. The summed E-state index contributed by atoms with van der Waals surface area (Å²) < 4.78 is 7.30. The van der Waals surface area contributed by atoms with E-state index < -0.39 is 11.7 Å². The largest absolute Gasteiger partial charge is 0.444 e. The second kappa shape index (κ2) is 6.75. The van der Waals surface area contributed by atoms with Crippen LogP contribution in [0.4, 0.5) is 10.6 Å². The van der Waals surface area contributed by atoms with Crippen molar-refractivity contribution in [1.82, 2.24) is 9.36 Å². The highest BCUT2D eigenvalue weighted by atomic mass is 35.5. The first-order valence-electron chi connectivity index (χ1n) is 7.06. The van der Waals surface area contributed by atoms with Gasteiger partial charge in [0.15, 0.2) is 0 Å². The quantitative estimate of drug-likeness (QED) is 0.869. The van der Waals surface area contributed by atoms with Gasteiger partial charge in [-0.1, -0.05) is 42.5 Å². The first kappa shape index (κ1) is 16.9. The standard InChI is InChI=1S/C16H18ClN3O3/c1-4-9-23-16(22)20-14(18)13(15(21)19(20)10(2)3)11-7-5-6-8-12(11)17/h4-8,10H,1,9,18H2,2-3H3. The molecule has 1 aromatic heterocycles. The number of nitrogen functional groups attached to an aromatic ring is 1. The molecule has 0 spiro atoms. The number of anilines is 1. The minimum atomic E-state index is -0.744. The van der Waals surface area contributed by atoms with Crippen LogP contribution in [0, 0.1) is 0 Å². The molecule has 0 fully saturated rings. The zero-order valence-electron chi connectivity index (χ0n) is 13.0. The van der Waals surface area contributed by atoms with Crippen LogP contribution in [0.3, 0.4) is 0 Å². The zero-order valence-corrected chi connectivity index (χ0v) is 13.7. The van der Waals surface area contributed by atoms with Crippen LogP contribution in [0.5, 0.6) is 0 Å². The molecule has 122 valence electrons. The maximum absolute atomic E-state index is 12.8. The molecule has 0 aliphatic rings. The van der Waals surface area contributed by atoms with E-state index in [1.165, 1.54) is 10.8 Å². The monoisotopic (exact) mass is 335 g/mol. The molecule has 0 amide bonds. The third-order valence-electron chi connectivity index (χ3n) is 3.25. The van der Waals surface area contributed by atoms with E-state index in [1.807, 2.05) is 0 Å². The lowest BCUT2D eigenvalue weighted by Gasteiger charge is -2.13. The Morgan fingerprint density at radius 1 is 1.43 bits per heavy atom. The highest BCUT2D eigenvalue weighted by Crippen LogP contribution is 2.30. The van der Waals surface area contributed by atoms with Crippen LogP contribution in [0.25, 0.3) is 11.1 Å². The fourth-order valence-electron chi connectivity index (χ4n) is 2.30. The van der Waals surface area contributed by atoms with Gasteiger partial charge >= 0.3 is 6.09 Å². The van der Waals surface area contributed by atoms with Crippen LogP contribution >= 0.6 is 11.6 Å². The van der Waals surface area contributed by atoms with Crippen molar-refractivity contribution in [2.45, 2.75) is 19.9 Å². The molecular formula is C16H18ClN3O3. The predicted octanol–water partition coefficient (Wildman–Crippen LogP) is 3.30. The smallest absolute Gasteiger partial charge is 0.435 e. The number of halogens is 1. The Bertz CT molecular complexity index is 805. The van der Waals surface area contributed by atoms with Gasteiger partial charge in [-0.25, -0.2) is 9.48 Å². The lowest BCUT2D eigenvalue weighted by molar-refractivity contribution is 0.150. The van der Waals surface area contributed by atoms with Crippen molar-refractivity contribution < 1.29 is 9.53 Å². The Hall–Kier alpha value is -2.47. The van der Waals surface area contributed by atoms with Crippen molar-refractivity contribution in [3.63, 3.8) is 0 Å². The third kappa shape index (κ3) is 3.03. The number of carbonyl (C=O) groups is 1. The van der Waals surface area contributed by atoms with E-state index in [-0.39, 0.29) is 24.0 Å². The fourth-order valence-corrected chi connectivity index (χ4v) is 2.53. The maximum atomic E-state index is 12.8. The minimum Gasteiger partial charge on any atom is -0.444 e. The van der Waals surface area contributed by atoms with Crippen molar-refractivity contribution >= 4 is 23.5 Å². The van der Waals surface area contributed by atoms with Crippen LogP contribution < -0.4 is 11.3 Å². The first-order valence-corrected chi connectivity index (χ1v) is 7.43. The van der Waals surface area contributed by atoms with Crippen molar-refractivity contribution in [3.8, 4) is 11.1 Å². The molecule has 2 N–H and O–H groups in total. The van der Waals surface area contributed by atoms with Crippen molar-refractivity contribution in [1.29, 1.82) is 0 Å². The third-order valence-corrected chi connectivity index (χ3v) is 3.58. The molecule has 0 radical (unpaired) electrons. The van der Waals surface area contributed by atoms with Gasteiger partial charge in [0.2, 0.25) is 0 Å². The average Bonchev–Trinajstić information content (AvgIpc) is 2.77. The van der Waals surface area contributed by atoms with E-state index >= 15 is 0 Å². The molecule has 2 aromatic rings. The van der Waals surface area contributed by atoms with Crippen LogP contribution in [0.15, 0.2) is 41.7 Å². The minimum absolute atomic E-state index is 0.00846. The number of aromatic nitrogens is 2. The van der Waals surface area contributed by atoms with E-state index in [2.05, 4.69) is 6.58 Å². The highest BCUT2D eigenvalue weighted by Gasteiger charge is 2.26. The topological polar surface area (TPSA) is 79.2 Å². The Balaban J connectivity index is 2.72. The Morgan fingerprint density at radius 3 is 2.65 bits per heavy atom. The number of nitrogens with zero attached hydrogens (tertiary/aromatic N) is 2. The number of hydrogen-bond acceptors (Lipinski definition) is 4. The molecule has 0 saturated heterocycles. The molecule has 0 aliphatic heterocycles. The molecule has 1 aromatic carbocycles. The molecule has 6 nitrogen and oxygen atoms in total. The zero-order chi connectivity index (χ0) is 17.1. The SMILES string of the molecule is C=CCOC(=O)n1c(N)c(-c2ccccc2Cl)c(=O)n1C(C)C. The van der Waals surface area contributed by atoms with Gasteiger partial charge in [-0.15, -0.1) is 0 Å². The van der Waals surface area contributed by atoms with E-state index in [0.717, 1.165) is 4.68 Å². The lowest BCUT2D eigenvalue weighted by atomic mass is 10.1. The number of rotatable bonds is 4. The first-order chi connectivity index (χ1) is 10.9. The molecule has 7 heteroatoms. The van der Waals surface area contributed by atoms with Gasteiger partial charge in [-0.2, -0.15) is 4.68 Å². The lowest BCUT2D eigenvalue weighted by Crippen LogP contribution is -2.30. The van der Waals surface area contributed by atoms with Crippen LogP contribution in [-0.4, -0.2) is 22.1 Å². The summed E-state index contributed by atoms with van der Waals surface area (Å²) in [6, 6.07) is 6.53. The summed E-state index contributed by atoms with van der Waals surface area (Å²) >= 11 is 6.16. The van der Waals surface area contributed by atoms with E-state index in [1.54, 1.807) is 38.1 Å². The summed E-state index contributed by atoms with van der Waals surface area (Å²) in [6.45, 7) is 7.05. The van der Waals surface area contributed by atoms with Crippen molar-refractivity contribution in [2.75, 3.05) is 12.3 Å². The van der Waals surface area contributed by atoms with Crippen LogP contribution in [0.1, 0.15) is 19.9 Å². The van der Waals surface area contributed by atoms with E-state index in [9.17, 15) is 9.59 Å². The number of benzene rings is 1.